The number of benzene rings is 2. The molecule has 0 heterocycles. The van der Waals surface area contributed by atoms with Gasteiger partial charge in [-0.3, -0.25) is 0 Å². The number of rotatable bonds is 7. The molecule has 1 N–H and O–H groups in total. The minimum atomic E-state index is 0.706. The second-order valence-corrected chi connectivity index (χ2v) is 4.55. The SMILES string of the molecule is CCCOc1ccc(CNc2ccccc2)cc1OC. The molecule has 0 saturated carbocycles. The van der Waals surface area contributed by atoms with E-state index in [1.165, 1.54) is 0 Å². The maximum absolute atomic E-state index is 5.65. The molecular formula is C17H21NO2. The molecule has 0 radical (unpaired) electrons. The molecule has 0 spiro atoms. The zero-order valence-electron chi connectivity index (χ0n) is 12.1. The van der Waals surface area contributed by atoms with Crippen LogP contribution in [0.25, 0.3) is 0 Å². The third-order valence-corrected chi connectivity index (χ3v) is 2.96. The van der Waals surface area contributed by atoms with Crippen LogP contribution in [0.2, 0.25) is 0 Å². The fraction of sp³-hybridized carbons (Fsp3) is 0.294. The van der Waals surface area contributed by atoms with Gasteiger partial charge in [0.25, 0.3) is 0 Å². The first-order valence-electron chi connectivity index (χ1n) is 6.92. The molecule has 3 nitrogen and oxygen atoms in total. The standard InChI is InChI=1S/C17H21NO2/c1-3-11-20-16-10-9-14(12-17(16)19-2)13-18-15-7-5-4-6-8-15/h4-10,12,18H,3,11,13H2,1-2H3. The third kappa shape index (κ3) is 3.92. The molecule has 3 heteroatoms. The summed E-state index contributed by atoms with van der Waals surface area (Å²) in [4.78, 5) is 0. The predicted molar refractivity (Wildman–Crippen MR) is 82.5 cm³/mol. The molecule has 0 aliphatic carbocycles. The van der Waals surface area contributed by atoms with Crippen molar-refractivity contribution in [1.82, 2.24) is 0 Å². The number of para-hydroxylation sites is 1. The first-order valence-corrected chi connectivity index (χ1v) is 6.92. The van der Waals surface area contributed by atoms with Crippen LogP contribution in [0.3, 0.4) is 0 Å². The van der Waals surface area contributed by atoms with Crippen molar-refractivity contribution in [1.29, 1.82) is 0 Å². The van der Waals surface area contributed by atoms with Crippen LogP contribution in [0, 0.1) is 0 Å². The summed E-state index contributed by atoms with van der Waals surface area (Å²) in [5.74, 6) is 1.59. The molecule has 0 aliphatic rings. The molecule has 2 rings (SSSR count). The van der Waals surface area contributed by atoms with E-state index in [4.69, 9.17) is 9.47 Å². The van der Waals surface area contributed by atoms with Crippen molar-refractivity contribution in [2.24, 2.45) is 0 Å². The second-order valence-electron chi connectivity index (χ2n) is 4.55. The van der Waals surface area contributed by atoms with Crippen molar-refractivity contribution < 1.29 is 9.47 Å². The molecule has 0 aromatic heterocycles. The molecule has 0 saturated heterocycles. The van der Waals surface area contributed by atoms with E-state index in [1.54, 1.807) is 7.11 Å². The Balaban J connectivity index is 2.02. The lowest BCUT2D eigenvalue weighted by Crippen LogP contribution is -2.01. The van der Waals surface area contributed by atoms with Crippen molar-refractivity contribution in [3.63, 3.8) is 0 Å². The monoisotopic (exact) mass is 271 g/mol. The van der Waals surface area contributed by atoms with Gasteiger partial charge in [-0.15, -0.1) is 0 Å². The average molecular weight is 271 g/mol. The van der Waals surface area contributed by atoms with Crippen molar-refractivity contribution >= 4 is 5.69 Å². The van der Waals surface area contributed by atoms with E-state index in [-0.39, 0.29) is 0 Å². The number of nitrogens with one attached hydrogen (secondary N) is 1. The van der Waals surface area contributed by atoms with Crippen LogP contribution in [-0.2, 0) is 6.54 Å². The Kier molecular flexibility index (Phi) is 5.30. The fourth-order valence-electron chi connectivity index (χ4n) is 1.91. The van der Waals surface area contributed by atoms with Gasteiger partial charge in [-0.25, -0.2) is 0 Å². The number of hydrogen-bond acceptors (Lipinski definition) is 3. The van der Waals surface area contributed by atoms with Crippen molar-refractivity contribution in [3.05, 3.63) is 54.1 Å². The quantitative estimate of drug-likeness (QED) is 0.822. The van der Waals surface area contributed by atoms with Gasteiger partial charge in [0, 0.05) is 12.2 Å². The highest BCUT2D eigenvalue weighted by atomic mass is 16.5. The van der Waals surface area contributed by atoms with Gasteiger partial charge in [0.1, 0.15) is 0 Å². The number of ether oxygens (including phenoxy) is 2. The summed E-state index contributed by atoms with van der Waals surface area (Å²) in [5, 5.41) is 3.38. The Hall–Kier alpha value is -2.16. The molecular weight excluding hydrogens is 250 g/mol. The Labute approximate surface area is 120 Å². The summed E-state index contributed by atoms with van der Waals surface area (Å²) >= 11 is 0. The van der Waals surface area contributed by atoms with Crippen LogP contribution >= 0.6 is 0 Å². The normalized spacial score (nSPS) is 10.1. The molecule has 0 unspecified atom stereocenters. The Bertz CT molecular complexity index is 526. The lowest BCUT2D eigenvalue weighted by atomic mass is 10.2. The molecule has 0 amide bonds. The maximum atomic E-state index is 5.65. The molecule has 0 atom stereocenters. The molecule has 20 heavy (non-hydrogen) atoms. The van der Waals surface area contributed by atoms with E-state index in [9.17, 15) is 0 Å². The number of hydrogen-bond donors (Lipinski definition) is 1. The topological polar surface area (TPSA) is 30.5 Å². The van der Waals surface area contributed by atoms with E-state index in [2.05, 4.69) is 30.4 Å². The molecule has 106 valence electrons. The minimum absolute atomic E-state index is 0.706. The predicted octanol–water partition coefficient (Wildman–Crippen LogP) is 4.10. The van der Waals surface area contributed by atoms with Crippen LogP contribution in [-0.4, -0.2) is 13.7 Å². The van der Waals surface area contributed by atoms with Crippen LogP contribution in [0.1, 0.15) is 18.9 Å². The Morgan fingerprint density at radius 1 is 1.00 bits per heavy atom. The lowest BCUT2D eigenvalue weighted by molar-refractivity contribution is 0.294. The van der Waals surface area contributed by atoms with Gasteiger partial charge in [0.15, 0.2) is 11.5 Å². The maximum Gasteiger partial charge on any atom is 0.161 e. The van der Waals surface area contributed by atoms with Crippen molar-refractivity contribution in [2.75, 3.05) is 19.0 Å². The third-order valence-electron chi connectivity index (χ3n) is 2.96. The van der Waals surface area contributed by atoms with E-state index in [1.807, 2.05) is 30.3 Å². The molecule has 2 aromatic carbocycles. The highest BCUT2D eigenvalue weighted by Crippen LogP contribution is 2.28. The first-order chi connectivity index (χ1) is 9.83. The number of anilines is 1. The summed E-state index contributed by atoms with van der Waals surface area (Å²) in [6.07, 6.45) is 0.987. The van der Waals surface area contributed by atoms with E-state index in [0.29, 0.717) is 6.61 Å². The first kappa shape index (κ1) is 14.3. The smallest absolute Gasteiger partial charge is 0.161 e. The van der Waals surface area contributed by atoms with Crippen molar-refractivity contribution in [2.45, 2.75) is 19.9 Å². The van der Waals surface area contributed by atoms with Crippen LogP contribution in [0.15, 0.2) is 48.5 Å². The summed E-state index contributed by atoms with van der Waals surface area (Å²) in [5.41, 5.74) is 2.27. The molecule has 2 aromatic rings. The molecule has 0 aliphatic heterocycles. The molecule has 0 fully saturated rings. The molecule has 0 bridgehead atoms. The summed E-state index contributed by atoms with van der Waals surface area (Å²) < 4.78 is 11.0. The van der Waals surface area contributed by atoms with Crippen LogP contribution in [0.4, 0.5) is 5.69 Å². The largest absolute Gasteiger partial charge is 0.493 e. The van der Waals surface area contributed by atoms with Crippen LogP contribution in [0.5, 0.6) is 11.5 Å². The lowest BCUT2D eigenvalue weighted by Gasteiger charge is -2.12. The Morgan fingerprint density at radius 3 is 2.50 bits per heavy atom. The van der Waals surface area contributed by atoms with E-state index >= 15 is 0 Å². The summed E-state index contributed by atoms with van der Waals surface area (Å²) in [6, 6.07) is 16.2. The van der Waals surface area contributed by atoms with Gasteiger partial charge < -0.3 is 14.8 Å². The van der Waals surface area contributed by atoms with Gasteiger partial charge in [-0.05, 0) is 36.2 Å². The highest BCUT2D eigenvalue weighted by Gasteiger charge is 2.05. The summed E-state index contributed by atoms with van der Waals surface area (Å²) in [6.45, 7) is 3.55. The van der Waals surface area contributed by atoms with E-state index in [0.717, 1.165) is 35.7 Å². The average Bonchev–Trinajstić information content (AvgIpc) is 2.52. The van der Waals surface area contributed by atoms with Gasteiger partial charge in [-0.2, -0.15) is 0 Å². The van der Waals surface area contributed by atoms with E-state index < -0.39 is 0 Å². The van der Waals surface area contributed by atoms with Gasteiger partial charge in [-0.1, -0.05) is 31.2 Å². The van der Waals surface area contributed by atoms with Gasteiger partial charge in [0.05, 0.1) is 13.7 Å². The zero-order chi connectivity index (χ0) is 14.2. The van der Waals surface area contributed by atoms with Gasteiger partial charge >= 0.3 is 0 Å². The summed E-state index contributed by atoms with van der Waals surface area (Å²) in [7, 11) is 1.67. The fourth-order valence-corrected chi connectivity index (χ4v) is 1.91. The highest BCUT2D eigenvalue weighted by molar-refractivity contribution is 5.46. The minimum Gasteiger partial charge on any atom is -0.493 e. The zero-order valence-corrected chi connectivity index (χ0v) is 12.1. The number of methoxy groups -OCH3 is 1. The van der Waals surface area contributed by atoms with Gasteiger partial charge in [0.2, 0.25) is 0 Å². The van der Waals surface area contributed by atoms with Crippen molar-refractivity contribution in [3.8, 4) is 11.5 Å². The van der Waals surface area contributed by atoms with Crippen LogP contribution < -0.4 is 14.8 Å². The Morgan fingerprint density at radius 2 is 1.80 bits per heavy atom. The second kappa shape index (κ2) is 7.43.